The molecule has 2 N–H and O–H groups in total. The van der Waals surface area contributed by atoms with Crippen LogP contribution in [-0.4, -0.2) is 24.2 Å². The van der Waals surface area contributed by atoms with Crippen LogP contribution in [0.2, 0.25) is 0 Å². The van der Waals surface area contributed by atoms with Crippen molar-refractivity contribution in [3.05, 3.63) is 29.8 Å². The molecule has 0 unspecified atom stereocenters. The molecule has 1 aromatic carbocycles. The van der Waals surface area contributed by atoms with Crippen molar-refractivity contribution >= 4 is 11.8 Å². The molecule has 0 atom stereocenters. The van der Waals surface area contributed by atoms with Crippen molar-refractivity contribution < 1.29 is 4.74 Å². The SMILES string of the molecule is NCC1(c2ccc(OC3CCSCC3)cc2)CCCC1. The summed E-state index contributed by atoms with van der Waals surface area (Å²) in [5, 5.41) is 0. The number of rotatable bonds is 4. The van der Waals surface area contributed by atoms with Crippen LogP contribution in [-0.2, 0) is 5.41 Å². The van der Waals surface area contributed by atoms with E-state index >= 15 is 0 Å². The standard InChI is InChI=1S/C17H25NOS/c18-13-17(9-1-2-10-17)14-3-5-15(6-4-14)19-16-7-11-20-12-8-16/h3-6,16H,1-2,7-13,18H2. The van der Waals surface area contributed by atoms with Crippen molar-refractivity contribution in [1.29, 1.82) is 0 Å². The Labute approximate surface area is 126 Å². The quantitative estimate of drug-likeness (QED) is 0.918. The first kappa shape index (κ1) is 14.3. The maximum Gasteiger partial charge on any atom is 0.119 e. The summed E-state index contributed by atoms with van der Waals surface area (Å²) >= 11 is 2.04. The molecule has 3 heteroatoms. The Bertz CT molecular complexity index is 419. The van der Waals surface area contributed by atoms with E-state index in [9.17, 15) is 0 Å². The molecule has 0 spiro atoms. The molecule has 1 aliphatic carbocycles. The molecule has 110 valence electrons. The lowest BCUT2D eigenvalue weighted by Crippen LogP contribution is -2.31. The molecular weight excluding hydrogens is 266 g/mol. The number of nitrogens with two attached hydrogens (primary N) is 1. The number of benzene rings is 1. The van der Waals surface area contributed by atoms with E-state index in [1.54, 1.807) is 0 Å². The fourth-order valence-electron chi connectivity index (χ4n) is 3.54. The summed E-state index contributed by atoms with van der Waals surface area (Å²) in [4.78, 5) is 0. The van der Waals surface area contributed by atoms with Gasteiger partial charge in [-0.15, -0.1) is 0 Å². The molecule has 1 aromatic rings. The third-order valence-electron chi connectivity index (χ3n) is 4.89. The predicted octanol–water partition coefficient (Wildman–Crippen LogP) is 3.73. The molecule has 0 bridgehead atoms. The zero-order chi connectivity index (χ0) is 13.8. The summed E-state index contributed by atoms with van der Waals surface area (Å²) in [6, 6.07) is 8.77. The van der Waals surface area contributed by atoms with E-state index in [1.807, 2.05) is 11.8 Å². The van der Waals surface area contributed by atoms with E-state index in [0.29, 0.717) is 6.10 Å². The second-order valence-electron chi connectivity index (χ2n) is 6.15. The van der Waals surface area contributed by atoms with E-state index < -0.39 is 0 Å². The third-order valence-corrected chi connectivity index (χ3v) is 5.94. The number of hydrogen-bond acceptors (Lipinski definition) is 3. The average Bonchev–Trinajstić information content (AvgIpc) is 2.99. The normalized spacial score (nSPS) is 22.9. The highest BCUT2D eigenvalue weighted by Gasteiger charge is 2.34. The van der Waals surface area contributed by atoms with Gasteiger partial charge in [-0.05, 0) is 54.9 Å². The van der Waals surface area contributed by atoms with E-state index in [-0.39, 0.29) is 5.41 Å². The molecule has 1 heterocycles. The first-order valence-corrected chi connectivity index (χ1v) is 9.03. The van der Waals surface area contributed by atoms with E-state index in [4.69, 9.17) is 10.5 Å². The smallest absolute Gasteiger partial charge is 0.119 e. The third kappa shape index (κ3) is 2.99. The van der Waals surface area contributed by atoms with Crippen LogP contribution >= 0.6 is 11.8 Å². The van der Waals surface area contributed by atoms with Crippen LogP contribution in [0.5, 0.6) is 5.75 Å². The van der Waals surface area contributed by atoms with Crippen molar-refractivity contribution in [2.75, 3.05) is 18.1 Å². The molecule has 3 rings (SSSR count). The Hall–Kier alpha value is -0.670. The molecule has 0 amide bonds. The molecule has 0 aromatic heterocycles. The number of thioether (sulfide) groups is 1. The van der Waals surface area contributed by atoms with Crippen LogP contribution in [0.4, 0.5) is 0 Å². The zero-order valence-corrected chi connectivity index (χ0v) is 13.0. The Kier molecular flexibility index (Phi) is 4.57. The molecule has 2 fully saturated rings. The van der Waals surface area contributed by atoms with Gasteiger partial charge >= 0.3 is 0 Å². The second-order valence-corrected chi connectivity index (χ2v) is 7.37. The highest BCUT2D eigenvalue weighted by Crippen LogP contribution is 2.40. The Balaban J connectivity index is 1.67. The van der Waals surface area contributed by atoms with Gasteiger partial charge in [0.15, 0.2) is 0 Å². The summed E-state index contributed by atoms with van der Waals surface area (Å²) in [6.45, 7) is 0.771. The molecule has 1 saturated heterocycles. The van der Waals surface area contributed by atoms with Gasteiger partial charge < -0.3 is 10.5 Å². The largest absolute Gasteiger partial charge is 0.490 e. The monoisotopic (exact) mass is 291 g/mol. The van der Waals surface area contributed by atoms with Crippen LogP contribution in [0, 0.1) is 0 Å². The fraction of sp³-hybridized carbons (Fsp3) is 0.647. The van der Waals surface area contributed by atoms with Gasteiger partial charge in [0.05, 0.1) is 0 Å². The van der Waals surface area contributed by atoms with Gasteiger partial charge in [0.25, 0.3) is 0 Å². The topological polar surface area (TPSA) is 35.2 Å². The highest BCUT2D eigenvalue weighted by atomic mass is 32.2. The summed E-state index contributed by atoms with van der Waals surface area (Å²) < 4.78 is 6.09. The fourth-order valence-corrected chi connectivity index (χ4v) is 4.60. The zero-order valence-electron chi connectivity index (χ0n) is 12.1. The predicted molar refractivity (Wildman–Crippen MR) is 86.6 cm³/mol. The summed E-state index contributed by atoms with van der Waals surface area (Å²) in [6.07, 6.45) is 7.88. The minimum Gasteiger partial charge on any atom is -0.490 e. The number of hydrogen-bond donors (Lipinski definition) is 1. The van der Waals surface area contributed by atoms with E-state index in [1.165, 1.54) is 55.6 Å². The van der Waals surface area contributed by atoms with Crippen LogP contribution in [0.25, 0.3) is 0 Å². The Morgan fingerprint density at radius 3 is 2.35 bits per heavy atom. The number of ether oxygens (including phenoxy) is 1. The summed E-state index contributed by atoms with van der Waals surface area (Å²) in [7, 11) is 0. The van der Waals surface area contributed by atoms with Gasteiger partial charge in [-0.25, -0.2) is 0 Å². The van der Waals surface area contributed by atoms with Crippen molar-refractivity contribution in [2.45, 2.75) is 50.0 Å². The van der Waals surface area contributed by atoms with Crippen LogP contribution in [0.3, 0.4) is 0 Å². The van der Waals surface area contributed by atoms with Crippen molar-refractivity contribution in [1.82, 2.24) is 0 Å². The second kappa shape index (κ2) is 6.40. The Morgan fingerprint density at radius 1 is 1.10 bits per heavy atom. The maximum absolute atomic E-state index is 6.09. The average molecular weight is 291 g/mol. The molecule has 2 aliphatic rings. The minimum absolute atomic E-state index is 0.236. The first-order valence-electron chi connectivity index (χ1n) is 7.87. The maximum atomic E-state index is 6.09. The van der Waals surface area contributed by atoms with Crippen molar-refractivity contribution in [3.63, 3.8) is 0 Å². The summed E-state index contributed by atoms with van der Waals surface area (Å²) in [5.74, 6) is 3.49. The first-order chi connectivity index (χ1) is 9.82. The van der Waals surface area contributed by atoms with Crippen LogP contribution in [0.15, 0.2) is 24.3 Å². The lowest BCUT2D eigenvalue weighted by molar-refractivity contribution is 0.192. The molecule has 0 radical (unpaired) electrons. The summed E-state index contributed by atoms with van der Waals surface area (Å²) in [5.41, 5.74) is 7.70. The molecule has 20 heavy (non-hydrogen) atoms. The molecule has 1 aliphatic heterocycles. The van der Waals surface area contributed by atoms with Crippen LogP contribution in [0.1, 0.15) is 44.1 Å². The van der Waals surface area contributed by atoms with Crippen LogP contribution < -0.4 is 10.5 Å². The molecule has 1 saturated carbocycles. The molecular formula is C17H25NOS. The minimum atomic E-state index is 0.236. The lowest BCUT2D eigenvalue weighted by atomic mass is 9.79. The van der Waals surface area contributed by atoms with Gasteiger partial charge in [-0.3, -0.25) is 0 Å². The van der Waals surface area contributed by atoms with Crippen molar-refractivity contribution in [2.24, 2.45) is 5.73 Å². The van der Waals surface area contributed by atoms with Crippen molar-refractivity contribution in [3.8, 4) is 5.75 Å². The van der Waals surface area contributed by atoms with Gasteiger partial charge in [-0.1, -0.05) is 25.0 Å². The van der Waals surface area contributed by atoms with E-state index in [0.717, 1.165) is 12.3 Å². The lowest BCUT2D eigenvalue weighted by Gasteiger charge is -2.28. The van der Waals surface area contributed by atoms with Gasteiger partial charge in [0.1, 0.15) is 11.9 Å². The molecule has 2 nitrogen and oxygen atoms in total. The van der Waals surface area contributed by atoms with Gasteiger partial charge in [0, 0.05) is 12.0 Å². The van der Waals surface area contributed by atoms with E-state index in [2.05, 4.69) is 24.3 Å². The Morgan fingerprint density at radius 2 is 1.75 bits per heavy atom. The van der Waals surface area contributed by atoms with Gasteiger partial charge in [-0.2, -0.15) is 11.8 Å². The highest BCUT2D eigenvalue weighted by molar-refractivity contribution is 7.99. The van der Waals surface area contributed by atoms with Gasteiger partial charge in [0.2, 0.25) is 0 Å².